The minimum atomic E-state index is -4.38. The van der Waals surface area contributed by atoms with Crippen LogP contribution >= 0.6 is 0 Å². The molecule has 3 rings (SSSR count). The molecule has 0 amide bonds. The first-order valence-electron chi connectivity index (χ1n) is 12.7. The van der Waals surface area contributed by atoms with Gasteiger partial charge in [0, 0.05) is 12.0 Å². The predicted molar refractivity (Wildman–Crippen MR) is 146 cm³/mol. The highest BCUT2D eigenvalue weighted by molar-refractivity contribution is 5.76. The summed E-state index contributed by atoms with van der Waals surface area (Å²) in [6.07, 6.45) is 5.20. The fourth-order valence-electron chi connectivity index (χ4n) is 3.25. The number of benzene rings is 2. The molecule has 1 heterocycles. The summed E-state index contributed by atoms with van der Waals surface area (Å²) >= 11 is 0. The Morgan fingerprint density at radius 2 is 1.69 bits per heavy atom. The highest BCUT2D eigenvalue weighted by Gasteiger charge is 2.30. The van der Waals surface area contributed by atoms with Gasteiger partial charge in [-0.15, -0.1) is 0 Å². The largest absolute Gasteiger partial charge is 0.478 e. The Hall–Kier alpha value is -3.88. The second kappa shape index (κ2) is 14.3. The number of aryl methyl sites for hydroxylation is 2. The van der Waals surface area contributed by atoms with Crippen LogP contribution in [0, 0.1) is 0 Å². The summed E-state index contributed by atoms with van der Waals surface area (Å²) in [5, 5.41) is 16.0. The van der Waals surface area contributed by atoms with Gasteiger partial charge in [-0.3, -0.25) is 5.10 Å². The van der Waals surface area contributed by atoms with Crippen molar-refractivity contribution >= 4 is 5.97 Å². The molecular weight excluding hydrogens is 507 g/mol. The number of halogens is 3. The average Bonchev–Trinajstić information content (AvgIpc) is 3.37. The number of hydrogen-bond donors (Lipinski definition) is 2. The van der Waals surface area contributed by atoms with E-state index in [0.29, 0.717) is 29.4 Å². The van der Waals surface area contributed by atoms with E-state index in [9.17, 15) is 18.0 Å². The van der Waals surface area contributed by atoms with Gasteiger partial charge in [0.05, 0.1) is 5.56 Å². The molecule has 210 valence electrons. The summed E-state index contributed by atoms with van der Waals surface area (Å²) in [5.41, 5.74) is 0.981. The van der Waals surface area contributed by atoms with Crippen LogP contribution in [0.2, 0.25) is 0 Å². The molecule has 0 fully saturated rings. The summed E-state index contributed by atoms with van der Waals surface area (Å²) in [7, 11) is 0. The molecule has 0 radical (unpaired) electrons. The van der Waals surface area contributed by atoms with E-state index in [1.54, 1.807) is 12.1 Å². The van der Waals surface area contributed by atoms with Crippen LogP contribution in [0.15, 0.2) is 72.3 Å². The van der Waals surface area contributed by atoms with Crippen molar-refractivity contribution in [3.05, 3.63) is 89.3 Å². The van der Waals surface area contributed by atoms with Gasteiger partial charge in [-0.25, -0.2) is 9.78 Å². The van der Waals surface area contributed by atoms with Crippen LogP contribution in [0.3, 0.4) is 0 Å². The maximum atomic E-state index is 12.7. The van der Waals surface area contributed by atoms with Crippen molar-refractivity contribution in [1.29, 1.82) is 0 Å². The van der Waals surface area contributed by atoms with E-state index in [1.165, 1.54) is 31.6 Å². The van der Waals surface area contributed by atoms with Gasteiger partial charge in [0.25, 0.3) is 0 Å². The number of carboxylic acid groups (broad SMARTS) is 1. The molecule has 0 atom stereocenters. The number of rotatable bonds is 10. The fraction of sp³-hybridized carbons (Fsp3) is 0.367. The lowest BCUT2D eigenvalue weighted by atomic mass is 10.1. The number of nitrogens with zero attached hydrogens (tertiary/aromatic N) is 2. The summed E-state index contributed by atoms with van der Waals surface area (Å²) in [5.74, 6) is 0.441. The zero-order chi connectivity index (χ0) is 29.1. The Morgan fingerprint density at radius 3 is 2.23 bits per heavy atom. The first-order chi connectivity index (χ1) is 18.4. The van der Waals surface area contributed by atoms with Crippen molar-refractivity contribution in [3.8, 4) is 17.1 Å². The lowest BCUT2D eigenvalue weighted by Crippen LogP contribution is -2.37. The highest BCUT2D eigenvalue weighted by Crippen LogP contribution is 2.30. The quantitative estimate of drug-likeness (QED) is 0.255. The van der Waals surface area contributed by atoms with Gasteiger partial charge in [-0.1, -0.05) is 55.0 Å². The third-order valence-electron chi connectivity index (χ3n) is 5.82. The van der Waals surface area contributed by atoms with Crippen molar-refractivity contribution in [1.82, 2.24) is 15.2 Å². The van der Waals surface area contributed by atoms with Gasteiger partial charge in [0.2, 0.25) is 0 Å². The average molecular weight is 544 g/mol. The number of carbonyl (C=O) groups is 1. The van der Waals surface area contributed by atoms with Crippen LogP contribution in [-0.2, 0) is 23.8 Å². The molecule has 0 aliphatic carbocycles. The molecule has 1 aromatic heterocycles. The molecule has 0 saturated heterocycles. The molecule has 2 aromatic carbocycles. The van der Waals surface area contributed by atoms with E-state index >= 15 is 0 Å². The van der Waals surface area contributed by atoms with Gasteiger partial charge >= 0.3 is 12.1 Å². The van der Waals surface area contributed by atoms with Crippen LogP contribution in [0.1, 0.15) is 64.4 Å². The molecule has 0 spiro atoms. The number of carboxylic acids is 1. The minimum absolute atomic E-state index is 0.353. The first kappa shape index (κ1) is 31.3. The van der Waals surface area contributed by atoms with E-state index in [1.807, 2.05) is 25.1 Å². The molecule has 3 aromatic rings. The van der Waals surface area contributed by atoms with Gasteiger partial charge in [0.15, 0.2) is 11.4 Å². The normalized spacial score (nSPS) is 12.3. The zero-order valence-corrected chi connectivity index (χ0v) is 23.0. The Labute approximate surface area is 227 Å². The summed E-state index contributed by atoms with van der Waals surface area (Å²) in [6, 6.07) is 11.9. The number of ether oxygens (including phenoxy) is 1. The van der Waals surface area contributed by atoms with Crippen molar-refractivity contribution in [3.63, 3.8) is 0 Å². The van der Waals surface area contributed by atoms with Gasteiger partial charge < -0.3 is 9.84 Å². The fourth-order valence-corrected chi connectivity index (χ4v) is 3.25. The van der Waals surface area contributed by atoms with Crippen LogP contribution < -0.4 is 4.74 Å². The zero-order valence-electron chi connectivity index (χ0n) is 23.0. The van der Waals surface area contributed by atoms with E-state index in [0.717, 1.165) is 37.0 Å². The topological polar surface area (TPSA) is 88.1 Å². The molecule has 0 unspecified atom stereocenters. The Kier molecular flexibility index (Phi) is 11.5. The van der Waals surface area contributed by atoms with Crippen LogP contribution in [0.25, 0.3) is 11.4 Å². The maximum absolute atomic E-state index is 12.7. The highest BCUT2D eigenvalue weighted by atomic mass is 19.4. The standard InChI is InChI=1S/C22H22F3N3O3.C8H14/c1-21(2,20(29)30)31-17-12-6-14(7-13-17)4-3-5-18-26-19(28-27-18)15-8-10-16(11-9-15)22(23,24)25;1-4-6-7-8(3)5-2/h6-13H,3-5H2,1-2H3,(H,29,30)(H,26,27,28);4,6-7H,5H2,1-3H3/b;6-4-,8-7+. The predicted octanol–water partition coefficient (Wildman–Crippen LogP) is 7.83. The third-order valence-corrected chi connectivity index (χ3v) is 5.82. The molecule has 0 aliphatic rings. The van der Waals surface area contributed by atoms with Crippen LogP contribution in [0.5, 0.6) is 5.75 Å². The van der Waals surface area contributed by atoms with E-state index in [-0.39, 0.29) is 0 Å². The second-order valence-electron chi connectivity index (χ2n) is 9.49. The maximum Gasteiger partial charge on any atom is 0.416 e. The summed E-state index contributed by atoms with van der Waals surface area (Å²) in [4.78, 5) is 15.5. The first-order valence-corrected chi connectivity index (χ1v) is 12.7. The van der Waals surface area contributed by atoms with Gasteiger partial charge in [-0.2, -0.15) is 18.3 Å². The molecular formula is C30H36F3N3O3. The van der Waals surface area contributed by atoms with E-state index in [2.05, 4.69) is 41.2 Å². The van der Waals surface area contributed by atoms with Crippen molar-refractivity contribution in [2.45, 2.75) is 72.1 Å². The summed E-state index contributed by atoms with van der Waals surface area (Å²) in [6.45, 7) is 9.30. The SMILES string of the molecule is C/C=C\C=C(/C)CC.CC(C)(Oc1ccc(CCCc2nc(-c3ccc(C(F)(F)F)cc3)n[nH]2)cc1)C(=O)O. The lowest BCUT2D eigenvalue weighted by Gasteiger charge is -2.21. The molecule has 6 nitrogen and oxygen atoms in total. The summed E-state index contributed by atoms with van der Waals surface area (Å²) < 4.78 is 43.5. The van der Waals surface area contributed by atoms with Gasteiger partial charge in [0.1, 0.15) is 11.6 Å². The second-order valence-corrected chi connectivity index (χ2v) is 9.49. The Bertz CT molecular complexity index is 1240. The number of aromatic amines is 1. The number of H-pyrrole nitrogens is 1. The minimum Gasteiger partial charge on any atom is -0.478 e. The number of aliphatic carboxylic acids is 1. The van der Waals surface area contributed by atoms with Crippen molar-refractivity contribution < 1.29 is 27.8 Å². The molecule has 0 saturated carbocycles. The Balaban J connectivity index is 0.000000580. The molecule has 39 heavy (non-hydrogen) atoms. The monoisotopic (exact) mass is 543 g/mol. The van der Waals surface area contributed by atoms with Crippen LogP contribution in [0.4, 0.5) is 13.2 Å². The van der Waals surface area contributed by atoms with E-state index < -0.39 is 23.3 Å². The smallest absolute Gasteiger partial charge is 0.416 e. The van der Waals surface area contributed by atoms with Crippen LogP contribution in [-0.4, -0.2) is 31.9 Å². The molecule has 9 heteroatoms. The number of alkyl halides is 3. The number of aromatic nitrogens is 3. The Morgan fingerprint density at radius 1 is 1.05 bits per heavy atom. The van der Waals surface area contributed by atoms with Gasteiger partial charge in [-0.05, 0) is 76.8 Å². The number of hydrogen-bond acceptors (Lipinski definition) is 4. The number of nitrogens with one attached hydrogen (secondary N) is 1. The molecule has 2 N–H and O–H groups in total. The van der Waals surface area contributed by atoms with Crippen molar-refractivity contribution in [2.24, 2.45) is 0 Å². The third kappa shape index (κ3) is 10.4. The number of allylic oxidation sites excluding steroid dienone is 4. The van der Waals surface area contributed by atoms with Crippen molar-refractivity contribution in [2.75, 3.05) is 0 Å². The lowest BCUT2D eigenvalue weighted by molar-refractivity contribution is -0.152. The van der Waals surface area contributed by atoms with E-state index in [4.69, 9.17) is 9.84 Å². The molecule has 0 bridgehead atoms. The molecule has 0 aliphatic heterocycles.